The summed E-state index contributed by atoms with van der Waals surface area (Å²) in [6.07, 6.45) is 4.25. The van der Waals surface area contributed by atoms with Crippen molar-refractivity contribution in [3.63, 3.8) is 0 Å². The maximum Gasteiger partial charge on any atom is 0.338 e. The summed E-state index contributed by atoms with van der Waals surface area (Å²) in [6, 6.07) is 28.9. The van der Waals surface area contributed by atoms with Gasteiger partial charge in [-0.25, -0.2) is 9.59 Å². The molecule has 2 unspecified atom stereocenters. The van der Waals surface area contributed by atoms with Crippen molar-refractivity contribution in [2.24, 2.45) is 9.98 Å². The fourth-order valence-corrected chi connectivity index (χ4v) is 4.23. The third-order valence-electron chi connectivity index (χ3n) is 7.12. The molecule has 2 aliphatic rings. The van der Waals surface area contributed by atoms with Crippen molar-refractivity contribution in [2.45, 2.75) is 18.6 Å². The smallest absolute Gasteiger partial charge is 0.338 e. The molecule has 2 heterocycles. The van der Waals surface area contributed by atoms with Gasteiger partial charge >= 0.3 is 11.9 Å². The summed E-state index contributed by atoms with van der Waals surface area (Å²) in [7, 11) is 0. The number of esters is 2. The standard InChI is InChI=1S/C37H34N2O8/c40-36(28-6-2-26(3-7-28)20-38-30-10-14-32(15-11-30)44-22-34-24-46-34)42-18-1-19-43-37(41)29-8-4-27(5-9-29)21-39-31-12-16-33(17-13-31)45-23-35-25-47-35/h2-17,20-21,34-35H,1,18-19,22-25H2. The van der Waals surface area contributed by atoms with Crippen molar-refractivity contribution in [3.8, 4) is 11.5 Å². The number of epoxide rings is 2. The summed E-state index contributed by atoms with van der Waals surface area (Å²) in [6.45, 7) is 2.89. The van der Waals surface area contributed by atoms with E-state index < -0.39 is 11.9 Å². The monoisotopic (exact) mass is 634 g/mol. The van der Waals surface area contributed by atoms with E-state index in [0.717, 1.165) is 47.2 Å². The van der Waals surface area contributed by atoms with Crippen LogP contribution in [0.1, 0.15) is 38.3 Å². The van der Waals surface area contributed by atoms with Crippen LogP contribution in [0.5, 0.6) is 11.5 Å². The van der Waals surface area contributed by atoms with Crippen LogP contribution >= 0.6 is 0 Å². The summed E-state index contributed by atoms with van der Waals surface area (Å²) in [5.41, 5.74) is 4.11. The van der Waals surface area contributed by atoms with Crippen molar-refractivity contribution in [2.75, 3.05) is 39.6 Å². The van der Waals surface area contributed by atoms with Crippen LogP contribution in [0.15, 0.2) is 107 Å². The Hall–Kier alpha value is -5.32. The largest absolute Gasteiger partial charge is 0.491 e. The Morgan fingerprint density at radius 1 is 0.596 bits per heavy atom. The molecule has 2 aliphatic heterocycles. The van der Waals surface area contributed by atoms with E-state index in [0.29, 0.717) is 30.8 Å². The van der Waals surface area contributed by atoms with Crippen molar-refractivity contribution in [1.29, 1.82) is 0 Å². The Morgan fingerprint density at radius 3 is 1.34 bits per heavy atom. The first-order valence-corrected chi connectivity index (χ1v) is 15.4. The van der Waals surface area contributed by atoms with E-state index >= 15 is 0 Å². The molecule has 0 N–H and O–H groups in total. The molecule has 4 aromatic rings. The second-order valence-electron chi connectivity index (χ2n) is 10.9. The van der Waals surface area contributed by atoms with Gasteiger partial charge in [-0.1, -0.05) is 24.3 Å². The average molecular weight is 635 g/mol. The number of hydrogen-bond acceptors (Lipinski definition) is 10. The summed E-state index contributed by atoms with van der Waals surface area (Å²) in [5, 5.41) is 0. The van der Waals surface area contributed by atoms with E-state index in [1.165, 1.54) is 0 Å². The fourth-order valence-electron chi connectivity index (χ4n) is 4.23. The third-order valence-corrected chi connectivity index (χ3v) is 7.12. The van der Waals surface area contributed by atoms with Gasteiger partial charge in [0, 0.05) is 18.9 Å². The van der Waals surface area contributed by atoms with Gasteiger partial charge < -0.3 is 28.4 Å². The molecule has 0 aromatic heterocycles. The van der Waals surface area contributed by atoms with Gasteiger partial charge in [-0.3, -0.25) is 9.98 Å². The Kier molecular flexibility index (Phi) is 10.6. The van der Waals surface area contributed by atoms with Crippen molar-refractivity contribution in [3.05, 3.63) is 119 Å². The zero-order valence-electron chi connectivity index (χ0n) is 25.7. The number of benzene rings is 4. The highest BCUT2D eigenvalue weighted by Gasteiger charge is 2.23. The Bertz CT molecular complexity index is 1550. The lowest BCUT2D eigenvalue weighted by molar-refractivity contribution is 0.0396. The molecule has 10 heteroatoms. The van der Waals surface area contributed by atoms with Crippen LogP contribution in [-0.4, -0.2) is 76.2 Å². The Labute approximate surface area is 272 Å². The molecule has 2 fully saturated rings. The Morgan fingerprint density at radius 2 is 0.979 bits per heavy atom. The van der Waals surface area contributed by atoms with E-state index in [9.17, 15) is 9.59 Å². The molecular weight excluding hydrogens is 600 g/mol. The van der Waals surface area contributed by atoms with E-state index in [1.54, 1.807) is 61.0 Å². The lowest BCUT2D eigenvalue weighted by Gasteiger charge is -2.07. The minimum absolute atomic E-state index is 0.125. The van der Waals surface area contributed by atoms with Gasteiger partial charge in [0.15, 0.2) is 0 Å². The molecular formula is C37H34N2O8. The molecule has 0 spiro atoms. The molecule has 0 radical (unpaired) electrons. The first-order valence-electron chi connectivity index (χ1n) is 15.4. The highest BCUT2D eigenvalue weighted by Crippen LogP contribution is 2.21. The van der Waals surface area contributed by atoms with Crippen molar-refractivity contribution >= 4 is 35.7 Å². The molecule has 6 rings (SSSR count). The first-order chi connectivity index (χ1) is 23.1. The van der Waals surface area contributed by atoms with Gasteiger partial charge in [0.05, 0.1) is 48.9 Å². The summed E-state index contributed by atoms with van der Waals surface area (Å²) in [4.78, 5) is 33.8. The van der Waals surface area contributed by atoms with Crippen LogP contribution in [0, 0.1) is 0 Å². The van der Waals surface area contributed by atoms with Crippen molar-refractivity contribution < 1.29 is 38.0 Å². The maximum absolute atomic E-state index is 12.4. The Balaban J connectivity index is 0.863. The predicted molar refractivity (Wildman–Crippen MR) is 176 cm³/mol. The summed E-state index contributed by atoms with van der Waals surface area (Å²) in [5.74, 6) is 0.658. The lowest BCUT2D eigenvalue weighted by Crippen LogP contribution is -2.11. The van der Waals surface area contributed by atoms with Crippen molar-refractivity contribution in [1.82, 2.24) is 0 Å². The minimum Gasteiger partial charge on any atom is -0.491 e. The summed E-state index contributed by atoms with van der Waals surface area (Å²) < 4.78 is 32.2. The second kappa shape index (κ2) is 15.8. The molecule has 47 heavy (non-hydrogen) atoms. The average Bonchev–Trinajstić information content (AvgIpc) is 4.05. The molecule has 2 atom stereocenters. The van der Waals surface area contributed by atoms with Gasteiger partial charge in [-0.2, -0.15) is 0 Å². The van der Waals surface area contributed by atoms with E-state index in [1.807, 2.05) is 48.5 Å². The van der Waals surface area contributed by atoms with Crippen LogP contribution < -0.4 is 9.47 Å². The van der Waals surface area contributed by atoms with Crippen LogP contribution in [-0.2, 0) is 18.9 Å². The normalized spacial score (nSPS) is 16.6. The highest BCUT2D eigenvalue weighted by molar-refractivity contribution is 5.92. The number of ether oxygens (including phenoxy) is 6. The first kappa shape index (κ1) is 31.7. The van der Waals surface area contributed by atoms with Gasteiger partial charge in [-0.05, 0) is 83.9 Å². The maximum atomic E-state index is 12.4. The lowest BCUT2D eigenvalue weighted by atomic mass is 10.1. The molecule has 0 amide bonds. The van der Waals surface area contributed by atoms with Crippen LogP contribution in [0.2, 0.25) is 0 Å². The van der Waals surface area contributed by atoms with E-state index in [-0.39, 0.29) is 25.4 Å². The molecule has 240 valence electrons. The molecule has 2 saturated heterocycles. The number of carbonyl (C=O) groups excluding carboxylic acids is 2. The topological polar surface area (TPSA) is 121 Å². The molecule has 0 saturated carbocycles. The SMILES string of the molecule is O=C(OCCCOC(=O)c1ccc(C=Nc2ccc(OCC3CO3)cc2)cc1)c1ccc(C=Nc2ccc(OCC3CO3)cc2)cc1. The molecule has 4 aromatic carbocycles. The zero-order chi connectivity index (χ0) is 32.3. The van der Waals surface area contributed by atoms with Gasteiger partial charge in [0.2, 0.25) is 0 Å². The van der Waals surface area contributed by atoms with Gasteiger partial charge in [0.25, 0.3) is 0 Å². The minimum atomic E-state index is -0.447. The second-order valence-corrected chi connectivity index (χ2v) is 10.9. The zero-order valence-corrected chi connectivity index (χ0v) is 25.7. The highest BCUT2D eigenvalue weighted by atomic mass is 16.6. The number of nitrogens with zero attached hydrogens (tertiary/aromatic N) is 2. The molecule has 10 nitrogen and oxygen atoms in total. The van der Waals surface area contributed by atoms with Crippen LogP contribution in [0.25, 0.3) is 0 Å². The number of carbonyl (C=O) groups is 2. The van der Waals surface area contributed by atoms with E-state index in [2.05, 4.69) is 9.98 Å². The number of hydrogen-bond donors (Lipinski definition) is 0. The number of rotatable bonds is 16. The molecule has 0 aliphatic carbocycles. The van der Waals surface area contributed by atoms with Gasteiger partial charge in [-0.15, -0.1) is 0 Å². The van der Waals surface area contributed by atoms with Crippen LogP contribution in [0.4, 0.5) is 11.4 Å². The molecule has 0 bridgehead atoms. The quantitative estimate of drug-likeness (QED) is 0.0623. The van der Waals surface area contributed by atoms with E-state index in [4.69, 9.17) is 28.4 Å². The van der Waals surface area contributed by atoms with Gasteiger partial charge in [0.1, 0.15) is 36.9 Å². The fraction of sp³-hybridized carbons (Fsp3) is 0.243. The number of aliphatic imine (C=N–C) groups is 2. The van der Waals surface area contributed by atoms with Crippen LogP contribution in [0.3, 0.4) is 0 Å². The third kappa shape index (κ3) is 10.4. The predicted octanol–water partition coefficient (Wildman–Crippen LogP) is 6.15. The summed E-state index contributed by atoms with van der Waals surface area (Å²) >= 11 is 0.